The second-order valence-corrected chi connectivity index (χ2v) is 18.4. The van der Waals surface area contributed by atoms with Crippen molar-refractivity contribution in [2.45, 2.75) is 140 Å². The molecule has 21 nitrogen and oxygen atoms in total. The van der Waals surface area contributed by atoms with E-state index in [1.54, 1.807) is 30.3 Å². The monoisotopic (exact) mass is 995 g/mol. The van der Waals surface area contributed by atoms with Crippen LogP contribution in [0.15, 0.2) is 77.8 Å². The maximum atomic E-state index is 14.6. The molecule has 0 aliphatic carbocycles. The van der Waals surface area contributed by atoms with E-state index in [0.717, 1.165) is 10.8 Å². The minimum atomic E-state index is -1.45. The van der Waals surface area contributed by atoms with Gasteiger partial charge in [-0.15, -0.1) is 0 Å². The Kier molecular flexibility index (Phi) is 21.3. The van der Waals surface area contributed by atoms with Crippen molar-refractivity contribution in [3.63, 3.8) is 0 Å². The van der Waals surface area contributed by atoms with Crippen LogP contribution in [0.5, 0.6) is 0 Å². The number of unbranched alkanes of at least 4 members (excludes halogenated alkanes) is 1. The molecule has 9 amide bonds. The van der Waals surface area contributed by atoms with Crippen LogP contribution in [0.25, 0.3) is 10.8 Å². The van der Waals surface area contributed by atoms with E-state index in [-0.39, 0.29) is 70.5 Å². The van der Waals surface area contributed by atoms with Crippen molar-refractivity contribution in [3.8, 4) is 0 Å². The predicted molar refractivity (Wildman–Crippen MR) is 270 cm³/mol. The molecule has 7 atom stereocenters. The average Bonchev–Trinajstić information content (AvgIpc) is 3.85. The number of nitrogens with one attached hydrogen (secondary N) is 7. The van der Waals surface area contributed by atoms with Crippen LogP contribution in [0.4, 0.5) is 0 Å². The molecule has 388 valence electrons. The molecule has 72 heavy (non-hydrogen) atoms. The first-order valence-corrected chi connectivity index (χ1v) is 24.7. The summed E-state index contributed by atoms with van der Waals surface area (Å²) in [6, 6.07) is 13.4. The Balaban J connectivity index is 1.52. The maximum Gasteiger partial charge on any atom is 0.246 e. The van der Waals surface area contributed by atoms with Crippen molar-refractivity contribution in [2.75, 3.05) is 19.6 Å². The number of carbonyl (C=O) groups excluding carboxylic acids is 9. The Bertz CT molecular complexity index is 2430. The van der Waals surface area contributed by atoms with Gasteiger partial charge in [-0.2, -0.15) is 0 Å². The van der Waals surface area contributed by atoms with Crippen LogP contribution < -0.4 is 54.4 Å². The summed E-state index contributed by atoms with van der Waals surface area (Å²) in [6.07, 6.45) is 2.44. The van der Waals surface area contributed by atoms with Crippen LogP contribution >= 0.6 is 0 Å². The van der Waals surface area contributed by atoms with Crippen molar-refractivity contribution in [3.05, 3.63) is 83.9 Å². The van der Waals surface area contributed by atoms with Gasteiger partial charge in [0.15, 0.2) is 5.96 Å². The van der Waals surface area contributed by atoms with E-state index in [1.165, 1.54) is 11.8 Å². The largest absolute Gasteiger partial charge is 0.370 e. The molecule has 0 unspecified atom stereocenters. The molecule has 0 spiro atoms. The number of nitrogens with zero attached hydrogens (tertiary/aromatic N) is 2. The molecule has 3 aromatic carbocycles. The fourth-order valence-electron chi connectivity index (χ4n) is 8.87. The van der Waals surface area contributed by atoms with Crippen molar-refractivity contribution in [1.82, 2.24) is 42.1 Å². The van der Waals surface area contributed by atoms with Gasteiger partial charge in [0, 0.05) is 39.4 Å². The number of amides is 9. The van der Waals surface area contributed by atoms with Gasteiger partial charge in [-0.25, -0.2) is 0 Å². The Morgan fingerprint density at radius 3 is 2.08 bits per heavy atom. The number of primary amides is 1. The van der Waals surface area contributed by atoms with E-state index in [0.29, 0.717) is 43.2 Å². The zero-order valence-electron chi connectivity index (χ0n) is 41.1. The van der Waals surface area contributed by atoms with Gasteiger partial charge >= 0.3 is 0 Å². The maximum absolute atomic E-state index is 14.6. The van der Waals surface area contributed by atoms with Gasteiger partial charge in [-0.05, 0) is 73.3 Å². The highest BCUT2D eigenvalue weighted by atomic mass is 16.2. The lowest BCUT2D eigenvalue weighted by Gasteiger charge is -2.31. The minimum Gasteiger partial charge on any atom is -0.370 e. The minimum absolute atomic E-state index is 0.0133. The van der Waals surface area contributed by atoms with E-state index < -0.39 is 102 Å². The summed E-state index contributed by atoms with van der Waals surface area (Å²) >= 11 is 0. The first-order chi connectivity index (χ1) is 34.5. The second kappa shape index (κ2) is 27.7. The summed E-state index contributed by atoms with van der Waals surface area (Å²) in [7, 11) is 0. The number of rotatable bonds is 15. The van der Waals surface area contributed by atoms with E-state index >= 15 is 0 Å². The first-order valence-electron chi connectivity index (χ1n) is 24.7. The highest BCUT2D eigenvalue weighted by Crippen LogP contribution is 2.21. The normalized spacial score (nSPS) is 22.4. The molecule has 13 N–H and O–H groups in total. The standard InChI is InChI=1S/C51H70N12O9/c1-3-4-18-37(57-31(2)64)45(67)62-41-30-43(65)55-24-11-10-19-36(44(52)66)58-47(69)40(29-33-22-23-34-16-8-9-17-35(34)27-33)60-46(68)38(20-12-25-56-51(53)54)59-48(70)39(28-32-14-6-5-7-15-32)61-49(71)42-21-13-26-63(42)50(41)72/h5-9,14-17,22-23,27,36-42H,3-4,10-13,18-21,24-26,28-30H2,1-2H3,(H2,52,66)(H,55,65)(H,57,64)(H,58,69)(H,59,70)(H,60,68)(H,61,71)(H,62,67)(H4,53,54,56)/t36-,37-,38-,39+,40+,41-,42-/m0/s1. The van der Waals surface area contributed by atoms with Crippen LogP contribution in [0.1, 0.15) is 95.6 Å². The fourth-order valence-corrected chi connectivity index (χ4v) is 8.87. The number of hydrogen-bond donors (Lipinski definition) is 10. The lowest BCUT2D eigenvalue weighted by molar-refractivity contribution is -0.143. The molecule has 2 heterocycles. The van der Waals surface area contributed by atoms with Gasteiger partial charge in [0.2, 0.25) is 53.2 Å². The Morgan fingerprint density at radius 1 is 0.736 bits per heavy atom. The summed E-state index contributed by atoms with van der Waals surface area (Å²) in [5, 5.41) is 21.0. The number of hydrogen-bond acceptors (Lipinski definition) is 10. The Labute approximate surface area is 419 Å². The second-order valence-electron chi connectivity index (χ2n) is 18.4. The van der Waals surface area contributed by atoms with Gasteiger partial charge < -0.3 is 59.3 Å². The zero-order valence-corrected chi connectivity index (χ0v) is 41.1. The molecule has 21 heteroatoms. The van der Waals surface area contributed by atoms with E-state index in [2.05, 4.69) is 42.2 Å². The summed E-state index contributed by atoms with van der Waals surface area (Å²) in [5.41, 5.74) is 18.3. The number of benzene rings is 3. The van der Waals surface area contributed by atoms with Crippen molar-refractivity contribution < 1.29 is 43.2 Å². The fraction of sp³-hybridized carbons (Fsp3) is 0.490. The van der Waals surface area contributed by atoms with Gasteiger partial charge in [0.1, 0.15) is 42.3 Å². The van der Waals surface area contributed by atoms with Crippen molar-refractivity contribution >= 4 is 69.9 Å². The summed E-state index contributed by atoms with van der Waals surface area (Å²) in [6.45, 7) is 3.46. The molecular formula is C51H70N12O9. The number of fused-ring (bicyclic) bond motifs is 2. The van der Waals surface area contributed by atoms with Crippen LogP contribution in [0.2, 0.25) is 0 Å². The number of aliphatic imine (C=N–C) groups is 1. The highest BCUT2D eigenvalue weighted by Gasteiger charge is 2.41. The van der Waals surface area contributed by atoms with Crippen LogP contribution in [-0.4, -0.2) is 126 Å². The summed E-state index contributed by atoms with van der Waals surface area (Å²) < 4.78 is 0. The summed E-state index contributed by atoms with van der Waals surface area (Å²) in [4.78, 5) is 130. The number of guanidine groups is 1. The summed E-state index contributed by atoms with van der Waals surface area (Å²) in [5.74, 6) is -6.39. The van der Waals surface area contributed by atoms with Crippen LogP contribution in [0.3, 0.4) is 0 Å². The first kappa shape index (κ1) is 55.3. The number of nitrogens with two attached hydrogens (primary N) is 3. The number of carbonyl (C=O) groups is 9. The molecule has 0 bridgehead atoms. The van der Waals surface area contributed by atoms with Crippen LogP contribution in [-0.2, 0) is 56.0 Å². The van der Waals surface area contributed by atoms with Gasteiger partial charge in [-0.1, -0.05) is 92.6 Å². The third kappa shape index (κ3) is 17.1. The predicted octanol–water partition coefficient (Wildman–Crippen LogP) is -0.0360. The molecule has 0 radical (unpaired) electrons. The van der Waals surface area contributed by atoms with Crippen LogP contribution in [0, 0.1) is 0 Å². The van der Waals surface area contributed by atoms with Gasteiger partial charge in [-0.3, -0.25) is 48.1 Å². The smallest absolute Gasteiger partial charge is 0.246 e. The van der Waals surface area contributed by atoms with E-state index in [9.17, 15) is 43.2 Å². The van der Waals surface area contributed by atoms with E-state index in [4.69, 9.17) is 17.2 Å². The average molecular weight is 995 g/mol. The molecule has 3 aromatic rings. The lowest BCUT2D eigenvalue weighted by Crippen LogP contribution is -2.60. The van der Waals surface area contributed by atoms with Gasteiger partial charge in [0.25, 0.3) is 0 Å². The molecule has 2 fully saturated rings. The quantitative estimate of drug-likeness (QED) is 0.0548. The molecule has 2 aliphatic rings. The van der Waals surface area contributed by atoms with E-state index in [1.807, 2.05) is 49.4 Å². The van der Waals surface area contributed by atoms with Crippen molar-refractivity contribution in [1.29, 1.82) is 0 Å². The third-order valence-electron chi connectivity index (χ3n) is 12.7. The third-order valence-corrected chi connectivity index (χ3v) is 12.7. The highest BCUT2D eigenvalue weighted by molar-refractivity contribution is 5.99. The molecule has 2 saturated heterocycles. The molecule has 0 aromatic heterocycles. The van der Waals surface area contributed by atoms with Gasteiger partial charge in [0.05, 0.1) is 6.42 Å². The van der Waals surface area contributed by atoms with Crippen molar-refractivity contribution in [2.24, 2.45) is 22.2 Å². The Morgan fingerprint density at radius 2 is 1.39 bits per heavy atom. The zero-order chi connectivity index (χ0) is 52.2. The Hall–Kier alpha value is -7.58. The topological polar surface area (TPSA) is 331 Å². The molecule has 5 rings (SSSR count). The SMILES string of the molecule is CCCC[C@H](NC(C)=O)C(=O)N[C@H]1CC(=O)NCCCC[C@@H](C(N)=O)NC(=O)[C@@H](Cc2ccc3ccccc3c2)NC(=O)[C@H](CCCN=C(N)N)NC(=O)[C@@H](Cc2ccccc2)NC(=O)[C@@H]2CCCN2C1=O. The molecular weight excluding hydrogens is 925 g/mol. The molecule has 2 aliphatic heterocycles. The molecule has 0 saturated carbocycles. The lowest BCUT2D eigenvalue weighted by atomic mass is 9.99.